The summed E-state index contributed by atoms with van der Waals surface area (Å²) in [6, 6.07) is 19.1. The van der Waals surface area contributed by atoms with Gasteiger partial charge in [-0.05, 0) is 30.5 Å². The molecule has 164 valence electrons. The number of nitrogens with one attached hydrogen (secondary N) is 1. The molecule has 9 heteroatoms. The number of amides is 1. The Bertz CT molecular complexity index is 1240. The minimum atomic E-state index is -0.232. The van der Waals surface area contributed by atoms with Gasteiger partial charge in [-0.1, -0.05) is 77.4 Å². The van der Waals surface area contributed by atoms with Gasteiger partial charge in [0.15, 0.2) is 11.0 Å². The number of benzene rings is 3. The van der Waals surface area contributed by atoms with Crippen LogP contribution in [0.2, 0.25) is 10.0 Å². The molecule has 0 bridgehead atoms. The van der Waals surface area contributed by atoms with E-state index in [2.05, 4.69) is 15.5 Å². The highest BCUT2D eigenvalue weighted by Crippen LogP contribution is 2.30. The molecule has 6 nitrogen and oxygen atoms in total. The number of aromatic nitrogens is 3. The van der Waals surface area contributed by atoms with Crippen molar-refractivity contribution >= 4 is 57.3 Å². The molecule has 0 aliphatic carbocycles. The number of hydrogen-bond donors (Lipinski definition) is 1. The highest BCUT2D eigenvalue weighted by molar-refractivity contribution is 7.99. The van der Waals surface area contributed by atoms with Crippen LogP contribution in [0.15, 0.2) is 65.8 Å². The van der Waals surface area contributed by atoms with Crippen molar-refractivity contribution in [3.8, 4) is 5.75 Å². The monoisotopic (exact) mass is 486 g/mol. The zero-order valence-electron chi connectivity index (χ0n) is 17.2. The third kappa shape index (κ3) is 5.01. The molecule has 1 aromatic heterocycles. The molecule has 0 radical (unpaired) electrons. The molecule has 1 heterocycles. The molecule has 0 saturated carbocycles. The maximum absolute atomic E-state index is 12.4. The van der Waals surface area contributed by atoms with Gasteiger partial charge in [0.1, 0.15) is 12.4 Å². The molecule has 0 spiro atoms. The Kier molecular flexibility index (Phi) is 7.19. The van der Waals surface area contributed by atoms with E-state index in [0.717, 1.165) is 16.5 Å². The fourth-order valence-corrected chi connectivity index (χ4v) is 4.55. The molecular formula is C23H20Cl2N4O2S. The highest BCUT2D eigenvalue weighted by atomic mass is 35.5. The van der Waals surface area contributed by atoms with Crippen LogP contribution < -0.4 is 10.1 Å². The van der Waals surface area contributed by atoms with Crippen molar-refractivity contribution in [1.29, 1.82) is 0 Å². The van der Waals surface area contributed by atoms with Crippen molar-refractivity contribution in [2.75, 3.05) is 11.1 Å². The van der Waals surface area contributed by atoms with Gasteiger partial charge in [-0.2, -0.15) is 0 Å². The number of nitrogens with zero attached hydrogens (tertiary/aromatic N) is 3. The van der Waals surface area contributed by atoms with Crippen LogP contribution in [0.1, 0.15) is 12.7 Å². The molecule has 0 fully saturated rings. The second-order valence-electron chi connectivity index (χ2n) is 6.84. The maximum Gasteiger partial charge on any atom is 0.234 e. The molecule has 0 aliphatic rings. The minimum absolute atomic E-state index is 0.143. The number of halogens is 2. The van der Waals surface area contributed by atoms with Crippen LogP contribution in [-0.2, 0) is 17.9 Å². The number of fused-ring (bicyclic) bond motifs is 1. The minimum Gasteiger partial charge on any atom is -0.485 e. The first-order chi connectivity index (χ1) is 15.6. The molecular weight excluding hydrogens is 467 g/mol. The Morgan fingerprint density at radius 3 is 2.53 bits per heavy atom. The molecule has 4 rings (SSSR count). The molecule has 0 unspecified atom stereocenters. The van der Waals surface area contributed by atoms with Gasteiger partial charge in [-0.15, -0.1) is 10.2 Å². The van der Waals surface area contributed by atoms with Crippen LogP contribution in [0, 0.1) is 0 Å². The van der Waals surface area contributed by atoms with Gasteiger partial charge < -0.3 is 14.6 Å². The third-order valence-electron chi connectivity index (χ3n) is 4.78. The summed E-state index contributed by atoms with van der Waals surface area (Å²) in [5.41, 5.74) is 0.405. The molecule has 0 saturated heterocycles. The second-order valence-corrected chi connectivity index (χ2v) is 8.60. The fourth-order valence-electron chi connectivity index (χ4n) is 3.24. The van der Waals surface area contributed by atoms with Crippen molar-refractivity contribution < 1.29 is 9.53 Å². The highest BCUT2D eigenvalue weighted by Gasteiger charge is 2.15. The maximum atomic E-state index is 12.4. The summed E-state index contributed by atoms with van der Waals surface area (Å²) in [5.74, 6) is 1.39. The van der Waals surface area contributed by atoms with E-state index in [1.165, 1.54) is 11.8 Å². The van der Waals surface area contributed by atoms with Crippen molar-refractivity contribution in [2.24, 2.45) is 0 Å². The first kappa shape index (κ1) is 22.5. The van der Waals surface area contributed by atoms with E-state index in [-0.39, 0.29) is 18.3 Å². The zero-order valence-corrected chi connectivity index (χ0v) is 19.5. The largest absolute Gasteiger partial charge is 0.485 e. The van der Waals surface area contributed by atoms with E-state index >= 15 is 0 Å². The predicted molar refractivity (Wildman–Crippen MR) is 130 cm³/mol. The number of anilines is 1. The Labute approximate surface area is 199 Å². The van der Waals surface area contributed by atoms with Crippen LogP contribution in [0.3, 0.4) is 0 Å². The van der Waals surface area contributed by atoms with Crippen molar-refractivity contribution in [1.82, 2.24) is 14.8 Å². The lowest BCUT2D eigenvalue weighted by Crippen LogP contribution is -2.15. The normalized spacial score (nSPS) is 11.0. The van der Waals surface area contributed by atoms with Gasteiger partial charge in [0, 0.05) is 11.9 Å². The summed E-state index contributed by atoms with van der Waals surface area (Å²) < 4.78 is 7.99. The summed E-state index contributed by atoms with van der Waals surface area (Å²) in [4.78, 5) is 12.4. The van der Waals surface area contributed by atoms with Gasteiger partial charge >= 0.3 is 0 Å². The quantitative estimate of drug-likeness (QED) is 0.306. The Hall–Kier alpha value is -2.74. The predicted octanol–water partition coefficient (Wildman–Crippen LogP) is 6.07. The standard InChI is InChI=1S/C23H20Cl2N4O2S/c1-2-29-20(13-31-19-12-5-8-15-7-3-4-9-16(15)19)27-28-23(29)32-14-21(30)26-22-17(24)10-6-11-18(22)25/h3-12H,2,13-14H2,1H3,(H,26,30). The second kappa shape index (κ2) is 10.3. The topological polar surface area (TPSA) is 69.0 Å². The van der Waals surface area contributed by atoms with Crippen LogP contribution in [0.25, 0.3) is 10.8 Å². The van der Waals surface area contributed by atoms with E-state index < -0.39 is 0 Å². The number of para-hydroxylation sites is 1. The number of ether oxygens (including phenoxy) is 1. The van der Waals surface area contributed by atoms with E-state index in [9.17, 15) is 4.79 Å². The van der Waals surface area contributed by atoms with E-state index in [4.69, 9.17) is 27.9 Å². The van der Waals surface area contributed by atoms with Crippen molar-refractivity contribution in [2.45, 2.75) is 25.2 Å². The van der Waals surface area contributed by atoms with Crippen molar-refractivity contribution in [3.63, 3.8) is 0 Å². The molecule has 1 N–H and O–H groups in total. The summed E-state index contributed by atoms with van der Waals surface area (Å²) in [5, 5.41) is 14.8. The summed E-state index contributed by atoms with van der Waals surface area (Å²) >= 11 is 13.5. The average Bonchev–Trinajstić information content (AvgIpc) is 3.20. The van der Waals surface area contributed by atoms with Gasteiger partial charge in [0.05, 0.1) is 21.5 Å². The Balaban J connectivity index is 1.41. The third-order valence-corrected chi connectivity index (χ3v) is 6.37. The smallest absolute Gasteiger partial charge is 0.234 e. The summed E-state index contributed by atoms with van der Waals surface area (Å²) in [7, 11) is 0. The molecule has 1 amide bonds. The number of carbonyl (C=O) groups is 1. The molecule has 32 heavy (non-hydrogen) atoms. The number of hydrogen-bond acceptors (Lipinski definition) is 5. The van der Waals surface area contributed by atoms with Crippen LogP contribution in [0.4, 0.5) is 5.69 Å². The first-order valence-electron chi connectivity index (χ1n) is 9.96. The van der Waals surface area contributed by atoms with Crippen LogP contribution >= 0.6 is 35.0 Å². The molecule has 3 aromatic carbocycles. The lowest BCUT2D eigenvalue weighted by molar-refractivity contribution is -0.113. The lowest BCUT2D eigenvalue weighted by Gasteiger charge is -2.11. The molecule has 4 aromatic rings. The van der Waals surface area contributed by atoms with Crippen LogP contribution in [0.5, 0.6) is 5.75 Å². The Morgan fingerprint density at radius 1 is 1.03 bits per heavy atom. The van der Waals surface area contributed by atoms with Gasteiger partial charge in [-0.3, -0.25) is 4.79 Å². The van der Waals surface area contributed by atoms with E-state index in [1.807, 2.05) is 54.0 Å². The summed E-state index contributed by atoms with van der Waals surface area (Å²) in [6.07, 6.45) is 0. The Morgan fingerprint density at radius 2 is 1.75 bits per heavy atom. The van der Waals surface area contributed by atoms with Gasteiger partial charge in [0.2, 0.25) is 5.91 Å². The summed E-state index contributed by atoms with van der Waals surface area (Å²) in [6.45, 7) is 2.93. The van der Waals surface area contributed by atoms with Gasteiger partial charge in [0.25, 0.3) is 0 Å². The lowest BCUT2D eigenvalue weighted by atomic mass is 10.1. The van der Waals surface area contributed by atoms with Crippen molar-refractivity contribution in [3.05, 3.63) is 76.5 Å². The van der Waals surface area contributed by atoms with E-state index in [0.29, 0.717) is 33.3 Å². The molecule has 0 aliphatic heterocycles. The number of rotatable bonds is 8. The zero-order chi connectivity index (χ0) is 22.5. The average molecular weight is 487 g/mol. The van der Waals surface area contributed by atoms with Crippen LogP contribution in [-0.4, -0.2) is 26.4 Å². The number of carbonyl (C=O) groups excluding carboxylic acids is 1. The fraction of sp³-hybridized carbons (Fsp3) is 0.174. The number of thioether (sulfide) groups is 1. The molecule has 0 atom stereocenters. The first-order valence-corrected chi connectivity index (χ1v) is 11.7. The van der Waals surface area contributed by atoms with E-state index in [1.54, 1.807) is 18.2 Å². The SMILES string of the molecule is CCn1c(COc2cccc3ccccc23)nnc1SCC(=O)Nc1c(Cl)cccc1Cl. The van der Waals surface area contributed by atoms with Gasteiger partial charge in [-0.25, -0.2) is 0 Å².